The molecule has 21 nitrogen and oxygen atoms in total. The van der Waals surface area contributed by atoms with Gasteiger partial charge in [-0.1, -0.05) is 12.1 Å². The number of aromatic hydroxyl groups is 6. The summed E-state index contributed by atoms with van der Waals surface area (Å²) in [6.45, 7) is 6.50. The molecule has 55 heavy (non-hydrogen) atoms. The van der Waals surface area contributed by atoms with Crippen molar-refractivity contribution in [2.24, 2.45) is 0 Å². The Balaban J connectivity index is -0.000000920. The van der Waals surface area contributed by atoms with Crippen LogP contribution < -0.4 is 4.74 Å². The van der Waals surface area contributed by atoms with E-state index in [0.717, 1.165) is 59.7 Å². The lowest BCUT2D eigenvalue weighted by molar-refractivity contribution is -0.135. The van der Waals surface area contributed by atoms with Gasteiger partial charge < -0.3 is 70.8 Å². The Morgan fingerprint density at radius 3 is 1.27 bits per heavy atom. The Bertz CT molecular complexity index is 1610. The van der Waals surface area contributed by atoms with Gasteiger partial charge in [-0.05, 0) is 29.8 Å². The summed E-state index contributed by atoms with van der Waals surface area (Å²) in [7, 11) is 0. The summed E-state index contributed by atoms with van der Waals surface area (Å²) in [5.41, 5.74) is 0.667. The van der Waals surface area contributed by atoms with Crippen LogP contribution in [0, 0.1) is 0 Å². The first-order valence-corrected chi connectivity index (χ1v) is 14.8. The summed E-state index contributed by atoms with van der Waals surface area (Å²) in [4.78, 5) is 66.7. The van der Waals surface area contributed by atoms with Gasteiger partial charge in [0.25, 0.3) is 35.8 Å². The van der Waals surface area contributed by atoms with E-state index < -0.39 is 71.2 Å². The zero-order chi connectivity index (χ0) is 43.7. The summed E-state index contributed by atoms with van der Waals surface area (Å²) < 4.78 is 11.5. The van der Waals surface area contributed by atoms with Crippen molar-refractivity contribution in [1.29, 1.82) is 0 Å². The maximum absolute atomic E-state index is 12.7. The van der Waals surface area contributed by atoms with Crippen molar-refractivity contribution in [3.63, 3.8) is 0 Å². The zero-order valence-electron chi connectivity index (χ0n) is 30.0. The number of carbonyl (C=O) groups is 7. The minimum absolute atomic E-state index is 0.0267. The Morgan fingerprint density at radius 2 is 0.909 bits per heavy atom. The van der Waals surface area contributed by atoms with Crippen molar-refractivity contribution >= 4 is 41.8 Å². The minimum atomic E-state index is -0.946. The lowest BCUT2D eigenvalue weighted by atomic mass is 9.93. The van der Waals surface area contributed by atoms with Crippen molar-refractivity contribution in [2.75, 3.05) is 0 Å². The van der Waals surface area contributed by atoms with Crippen LogP contribution in [0.15, 0.2) is 48.5 Å². The van der Waals surface area contributed by atoms with E-state index in [2.05, 4.69) is 0 Å². The zero-order valence-corrected chi connectivity index (χ0v) is 30.0. The molecular weight excluding hydrogens is 744 g/mol. The van der Waals surface area contributed by atoms with Crippen LogP contribution in [0.25, 0.3) is 0 Å². The highest BCUT2D eigenvalue weighted by Crippen LogP contribution is 2.43. The molecule has 0 fully saturated rings. The maximum Gasteiger partial charge on any atom is 0.338 e. The van der Waals surface area contributed by atoms with Gasteiger partial charge in [0.15, 0.2) is 23.4 Å². The Hall–Kier alpha value is -7.45. The standard InChI is InChI=1S/C22H18O9.6C2H4O2/c23-12-3-1-10(2-4-12)21-19(9-14-15(25)7-13(24)8-18(14)30-21)31-22(29)11-5-16(26)20(28)17(27)6-11;6*1-2(3)4/h1-8,19,21,23-28H,9H2;6*1H3,(H,3,4). The molecule has 2 unspecified atom stereocenters. The monoisotopic (exact) mass is 786 g/mol. The van der Waals surface area contributed by atoms with Crippen LogP contribution in [0.2, 0.25) is 0 Å². The number of benzene rings is 3. The molecule has 0 saturated heterocycles. The largest absolute Gasteiger partial charge is 0.508 e. The lowest BCUT2D eigenvalue weighted by Crippen LogP contribution is -2.34. The summed E-state index contributed by atoms with van der Waals surface area (Å²) in [6.07, 6.45) is -1.76. The van der Waals surface area contributed by atoms with Gasteiger partial charge in [-0.3, -0.25) is 28.8 Å². The SMILES string of the molecule is CC(=O)O.CC(=O)O.CC(=O)O.CC(=O)O.CC(=O)O.CC(=O)O.O=C(OC1Cc2c(O)cc(O)cc2OC1c1ccc(O)cc1)c1cc(O)c(O)c(O)c1. The van der Waals surface area contributed by atoms with Crippen molar-refractivity contribution in [2.45, 2.75) is 60.2 Å². The quantitative estimate of drug-likeness (QED) is 0.134. The fraction of sp³-hybridized carbons (Fsp3) is 0.265. The predicted molar refractivity (Wildman–Crippen MR) is 185 cm³/mol. The number of hydrogen-bond donors (Lipinski definition) is 12. The third-order valence-corrected chi connectivity index (χ3v) is 4.95. The number of ether oxygens (including phenoxy) is 2. The molecule has 0 bridgehead atoms. The van der Waals surface area contributed by atoms with Gasteiger partial charge in [-0.15, -0.1) is 0 Å². The summed E-state index contributed by atoms with van der Waals surface area (Å²) in [5.74, 6) is -8.27. The Kier molecular flexibility index (Phi) is 24.9. The number of rotatable bonds is 3. The fourth-order valence-electron chi connectivity index (χ4n) is 3.43. The molecule has 0 radical (unpaired) electrons. The third kappa shape index (κ3) is 27.0. The number of carboxylic acid groups (broad SMARTS) is 6. The number of carbonyl (C=O) groups excluding carboxylic acids is 1. The molecule has 0 amide bonds. The Morgan fingerprint density at radius 1 is 0.545 bits per heavy atom. The Labute approximate surface area is 311 Å². The van der Waals surface area contributed by atoms with Gasteiger partial charge in [0, 0.05) is 65.7 Å². The van der Waals surface area contributed by atoms with Crippen LogP contribution in [0.3, 0.4) is 0 Å². The number of fused-ring (bicyclic) bond motifs is 1. The van der Waals surface area contributed by atoms with E-state index in [1.807, 2.05) is 0 Å². The molecule has 3 aromatic carbocycles. The van der Waals surface area contributed by atoms with E-state index in [9.17, 15) is 35.4 Å². The lowest BCUT2D eigenvalue weighted by Gasteiger charge is -2.34. The van der Waals surface area contributed by atoms with Crippen molar-refractivity contribution in [3.8, 4) is 40.2 Å². The second-order valence-corrected chi connectivity index (χ2v) is 10.2. The van der Waals surface area contributed by atoms with Gasteiger partial charge in [-0.25, -0.2) is 4.79 Å². The van der Waals surface area contributed by atoms with Crippen LogP contribution in [-0.4, -0.2) is 109 Å². The molecule has 0 spiro atoms. The number of esters is 1. The van der Waals surface area contributed by atoms with Gasteiger partial charge in [-0.2, -0.15) is 0 Å². The summed E-state index contributed by atoms with van der Waals surface area (Å²) in [5, 5.41) is 103. The number of carboxylic acids is 6. The topological polar surface area (TPSA) is 381 Å². The van der Waals surface area contributed by atoms with Crippen LogP contribution in [0.5, 0.6) is 40.2 Å². The fourth-order valence-corrected chi connectivity index (χ4v) is 3.43. The average molecular weight is 787 g/mol. The van der Waals surface area contributed by atoms with Crippen LogP contribution in [0.4, 0.5) is 0 Å². The van der Waals surface area contributed by atoms with Gasteiger partial charge in [0.05, 0.1) is 5.56 Å². The molecule has 0 aliphatic carbocycles. The van der Waals surface area contributed by atoms with E-state index in [-0.39, 0.29) is 35.0 Å². The van der Waals surface area contributed by atoms with E-state index in [1.165, 1.54) is 18.2 Å². The first-order valence-electron chi connectivity index (χ1n) is 14.8. The highest BCUT2D eigenvalue weighted by molar-refractivity contribution is 5.91. The minimum Gasteiger partial charge on any atom is -0.508 e. The normalized spacial score (nSPS) is 12.5. The average Bonchev–Trinajstić information content (AvgIpc) is 2.98. The molecule has 0 aromatic heterocycles. The summed E-state index contributed by atoms with van der Waals surface area (Å²) >= 11 is 0. The van der Waals surface area contributed by atoms with Gasteiger partial charge >= 0.3 is 5.97 Å². The number of aliphatic carboxylic acids is 6. The first-order chi connectivity index (χ1) is 25.1. The molecule has 1 aliphatic heterocycles. The van der Waals surface area contributed by atoms with Gasteiger partial charge in [0.2, 0.25) is 0 Å². The highest BCUT2D eigenvalue weighted by Gasteiger charge is 2.36. The molecule has 3 aromatic rings. The third-order valence-electron chi connectivity index (χ3n) is 4.95. The second kappa shape index (κ2) is 26.3. The van der Waals surface area contributed by atoms with E-state index in [1.54, 1.807) is 12.1 Å². The number of hydrogen-bond acceptors (Lipinski definition) is 15. The molecule has 4 rings (SSSR count). The molecular formula is C34H42O21. The van der Waals surface area contributed by atoms with Crippen LogP contribution in [0.1, 0.15) is 69.1 Å². The molecule has 0 saturated carbocycles. The smallest absolute Gasteiger partial charge is 0.338 e. The van der Waals surface area contributed by atoms with Crippen LogP contribution in [-0.2, 0) is 39.9 Å². The van der Waals surface area contributed by atoms with E-state index in [4.69, 9.17) is 68.9 Å². The van der Waals surface area contributed by atoms with Crippen molar-refractivity contribution in [1.82, 2.24) is 0 Å². The predicted octanol–water partition coefficient (Wildman–Crippen LogP) is 3.37. The van der Waals surface area contributed by atoms with Crippen molar-refractivity contribution in [3.05, 3.63) is 65.2 Å². The van der Waals surface area contributed by atoms with E-state index in [0.29, 0.717) is 11.1 Å². The molecule has 12 N–H and O–H groups in total. The molecule has 1 aliphatic rings. The van der Waals surface area contributed by atoms with Gasteiger partial charge in [0.1, 0.15) is 29.1 Å². The second-order valence-electron chi connectivity index (χ2n) is 10.2. The van der Waals surface area contributed by atoms with E-state index >= 15 is 0 Å². The maximum atomic E-state index is 12.7. The molecule has 1 heterocycles. The number of phenols is 6. The molecule has 21 heteroatoms. The first kappa shape index (κ1) is 51.9. The highest BCUT2D eigenvalue weighted by atomic mass is 16.6. The molecule has 2 atom stereocenters. The number of phenolic OH excluding ortho intramolecular Hbond substituents is 6. The molecule has 304 valence electrons. The summed E-state index contributed by atoms with van der Waals surface area (Å²) in [6, 6.07) is 10.4. The van der Waals surface area contributed by atoms with Crippen molar-refractivity contribution < 1.29 is 104 Å². The van der Waals surface area contributed by atoms with Crippen LogP contribution >= 0.6 is 0 Å².